The van der Waals surface area contributed by atoms with Crippen LogP contribution in [0.4, 0.5) is 9.59 Å². The van der Waals surface area contributed by atoms with Gasteiger partial charge >= 0.3 is 12.2 Å². The number of aromatic hydroxyl groups is 2. The van der Waals surface area contributed by atoms with E-state index in [1.54, 1.807) is 41.5 Å². The largest absolute Gasteiger partial charge is 0.504 e. The van der Waals surface area contributed by atoms with E-state index < -0.39 is 34.4 Å². The number of hydrogen-bond donors (Lipinski definition) is 4. The topological polar surface area (TPSA) is 171 Å². The summed E-state index contributed by atoms with van der Waals surface area (Å²) in [6.07, 6.45) is 3.03. The maximum Gasteiger partial charge on any atom is 0.437 e. The van der Waals surface area contributed by atoms with Crippen molar-refractivity contribution >= 4 is 29.0 Å². The molecule has 1 fully saturated rings. The maximum atomic E-state index is 13.0. The van der Waals surface area contributed by atoms with Gasteiger partial charge in [0.05, 0.1) is 11.1 Å². The molecule has 1 saturated heterocycles. The summed E-state index contributed by atoms with van der Waals surface area (Å²) in [6, 6.07) is 13.3. The van der Waals surface area contributed by atoms with Gasteiger partial charge in [0.2, 0.25) is 5.96 Å². The number of hydrogen-bond acceptors (Lipinski definition) is 9. The van der Waals surface area contributed by atoms with Gasteiger partial charge in [-0.2, -0.15) is 0 Å². The summed E-state index contributed by atoms with van der Waals surface area (Å²) >= 11 is 0. The molecule has 2 bridgehead atoms. The summed E-state index contributed by atoms with van der Waals surface area (Å²) in [5, 5.41) is 35.7. The van der Waals surface area contributed by atoms with Gasteiger partial charge in [0.15, 0.2) is 11.5 Å². The number of carbonyl (C=O) groups is 2. The summed E-state index contributed by atoms with van der Waals surface area (Å²) in [5.74, 6) is -0.630. The number of pyridine rings is 1. The number of aliphatic hydroxyl groups is 1. The fourth-order valence-electron chi connectivity index (χ4n) is 8.00. The smallest absolute Gasteiger partial charge is 0.437 e. The highest BCUT2D eigenvalue weighted by molar-refractivity contribution is 5.98. The van der Waals surface area contributed by atoms with E-state index >= 15 is 0 Å². The highest BCUT2D eigenvalue weighted by atomic mass is 16.6. The first kappa shape index (κ1) is 39.8. The summed E-state index contributed by atoms with van der Waals surface area (Å²) in [7, 11) is 0. The molecule has 3 atom stereocenters. The first-order chi connectivity index (χ1) is 24.7. The molecule has 3 aromatic rings. The van der Waals surface area contributed by atoms with Gasteiger partial charge in [0.25, 0.3) is 0 Å². The zero-order valence-electron chi connectivity index (χ0n) is 32.5. The lowest BCUT2D eigenvalue weighted by Gasteiger charge is -2.60. The molecule has 288 valence electrons. The Morgan fingerprint density at radius 3 is 2.40 bits per heavy atom. The lowest BCUT2D eigenvalue weighted by atomic mass is 9.53. The highest BCUT2D eigenvalue weighted by Gasteiger charge is 2.61. The van der Waals surface area contributed by atoms with Crippen molar-refractivity contribution in [3.63, 3.8) is 0 Å². The summed E-state index contributed by atoms with van der Waals surface area (Å²) in [6.45, 7) is 16.0. The first-order valence-electron chi connectivity index (χ1n) is 18.7. The maximum absolute atomic E-state index is 13.0. The molecule has 1 aliphatic heterocycles. The standard InChI is InChI=1S/C41H57N5O7/c1-26-23-27-15-11-12-16-29(27)43-30(26)25-41-19-22-45(32(40(41,8)51)24-28-17-18-31(47)34(48)33(28)41)20-13-9-10-14-21-46(37(50)53-39(5,6)7)35(42)44-36(49)52-38(2,3)4/h11-12,15-18,23,32,47-48,51H,9-10,13-14,19-22,24-25H2,1-8H3,(H2,42,44,49). The van der Waals surface area contributed by atoms with Crippen LogP contribution in [0.2, 0.25) is 0 Å². The van der Waals surface area contributed by atoms with Gasteiger partial charge in [-0.15, -0.1) is 4.99 Å². The molecule has 5 rings (SSSR count). The number of aryl methyl sites for hydroxylation is 1. The zero-order chi connectivity index (χ0) is 38.9. The Kier molecular flexibility index (Phi) is 11.4. The summed E-state index contributed by atoms with van der Waals surface area (Å²) in [4.78, 5) is 37.7. The summed E-state index contributed by atoms with van der Waals surface area (Å²) < 4.78 is 10.8. The fourth-order valence-corrected chi connectivity index (χ4v) is 8.00. The number of guanidine groups is 1. The van der Waals surface area contributed by atoms with E-state index in [0.29, 0.717) is 37.8 Å². The van der Waals surface area contributed by atoms with E-state index in [4.69, 9.17) is 20.2 Å². The molecule has 0 spiro atoms. The Labute approximate surface area is 313 Å². The van der Waals surface area contributed by atoms with Gasteiger partial charge in [-0.05, 0) is 123 Å². The number of ether oxygens (including phenoxy) is 2. The Morgan fingerprint density at radius 2 is 1.70 bits per heavy atom. The van der Waals surface area contributed by atoms with Crippen molar-refractivity contribution in [1.29, 1.82) is 0 Å². The van der Waals surface area contributed by atoms with Crippen molar-refractivity contribution in [3.8, 4) is 11.5 Å². The third-order valence-electron chi connectivity index (χ3n) is 10.6. The quantitative estimate of drug-likeness (QED) is 0.0789. The normalized spacial score (nSPS) is 22.0. The number of unbranched alkanes of at least 4 members (excludes halogenated alkanes) is 3. The Hall–Kier alpha value is -4.42. The third-order valence-corrected chi connectivity index (χ3v) is 10.6. The molecule has 5 N–H and O–H groups in total. The van der Waals surface area contributed by atoms with Crippen molar-refractivity contribution in [2.45, 2.75) is 129 Å². The van der Waals surface area contributed by atoms with E-state index in [-0.39, 0.29) is 30.0 Å². The second-order valence-electron chi connectivity index (χ2n) is 16.8. The van der Waals surface area contributed by atoms with E-state index in [0.717, 1.165) is 53.5 Å². The molecule has 53 heavy (non-hydrogen) atoms. The minimum absolute atomic E-state index is 0.162. The molecule has 0 saturated carbocycles. The number of nitrogens with two attached hydrogens (primary N) is 1. The zero-order valence-corrected chi connectivity index (χ0v) is 32.5. The molecule has 2 heterocycles. The number of fused-ring (bicyclic) bond motifs is 5. The molecular weight excluding hydrogens is 674 g/mol. The monoisotopic (exact) mass is 731 g/mol. The van der Waals surface area contributed by atoms with E-state index in [1.807, 2.05) is 44.2 Å². The number of aromatic nitrogens is 1. The number of rotatable bonds is 9. The number of amides is 2. The van der Waals surface area contributed by atoms with Crippen molar-refractivity contribution in [3.05, 3.63) is 64.8 Å². The number of phenolic OH excluding ortho intramolecular Hbond substituents is 2. The molecular formula is C41H57N5O7. The minimum Gasteiger partial charge on any atom is -0.504 e. The van der Waals surface area contributed by atoms with Crippen LogP contribution >= 0.6 is 0 Å². The number of carbonyl (C=O) groups excluding carboxylic acids is 2. The predicted octanol–water partition coefficient (Wildman–Crippen LogP) is 6.86. The van der Waals surface area contributed by atoms with Crippen molar-refractivity contribution < 1.29 is 34.4 Å². The van der Waals surface area contributed by atoms with Gasteiger partial charge in [-0.3, -0.25) is 9.88 Å². The molecule has 12 nitrogen and oxygen atoms in total. The molecule has 2 amide bonds. The molecule has 3 unspecified atom stereocenters. The average molecular weight is 732 g/mol. The first-order valence-corrected chi connectivity index (χ1v) is 18.7. The van der Waals surface area contributed by atoms with Gasteiger partial charge in [-0.1, -0.05) is 37.1 Å². The number of piperidine rings is 1. The van der Waals surface area contributed by atoms with Crippen LogP contribution in [0.3, 0.4) is 0 Å². The number of para-hydroxylation sites is 1. The van der Waals surface area contributed by atoms with Gasteiger partial charge < -0.3 is 30.5 Å². The number of likely N-dealkylation sites (tertiary alicyclic amines) is 1. The van der Waals surface area contributed by atoms with Crippen molar-refractivity contribution in [2.24, 2.45) is 10.7 Å². The number of aliphatic imine (C=N–C) groups is 1. The summed E-state index contributed by atoms with van der Waals surface area (Å²) in [5.41, 5.74) is 6.77. The van der Waals surface area contributed by atoms with Gasteiger partial charge in [0.1, 0.15) is 11.2 Å². The number of benzene rings is 2. The van der Waals surface area contributed by atoms with Crippen LogP contribution in [-0.2, 0) is 27.7 Å². The number of nitrogens with zero attached hydrogens (tertiary/aromatic N) is 4. The number of phenols is 2. The van der Waals surface area contributed by atoms with Crippen LogP contribution in [0.5, 0.6) is 11.5 Å². The molecule has 2 aromatic carbocycles. The van der Waals surface area contributed by atoms with E-state index in [1.165, 1.54) is 11.0 Å². The molecule has 1 aliphatic carbocycles. The van der Waals surface area contributed by atoms with Crippen LogP contribution in [0.25, 0.3) is 10.9 Å². The Bertz CT molecular complexity index is 1860. The van der Waals surface area contributed by atoms with Gasteiger partial charge in [0, 0.05) is 41.1 Å². The molecule has 1 aromatic heterocycles. The molecule has 2 aliphatic rings. The van der Waals surface area contributed by atoms with E-state index in [9.17, 15) is 24.9 Å². The van der Waals surface area contributed by atoms with Crippen LogP contribution in [0.15, 0.2) is 47.5 Å². The second-order valence-corrected chi connectivity index (χ2v) is 16.8. The minimum atomic E-state index is -1.25. The molecule has 0 radical (unpaired) electrons. The fraction of sp³-hybridized carbons (Fsp3) is 0.561. The SMILES string of the molecule is Cc1cc2ccccc2nc1CC12CCN(CCCCCCN(C(=O)OC(C)(C)C)/C(N)=N/C(=O)OC(C)(C)C)C(Cc3ccc(O)c(O)c31)C2(C)O. The van der Waals surface area contributed by atoms with Crippen LogP contribution in [0.1, 0.15) is 103 Å². The van der Waals surface area contributed by atoms with Crippen LogP contribution < -0.4 is 5.73 Å². The molecule has 12 heteroatoms. The third kappa shape index (κ3) is 8.70. The van der Waals surface area contributed by atoms with Crippen LogP contribution in [0, 0.1) is 6.92 Å². The van der Waals surface area contributed by atoms with Crippen molar-refractivity contribution in [1.82, 2.24) is 14.8 Å². The Morgan fingerprint density at radius 1 is 1.02 bits per heavy atom. The Balaban J connectivity index is 1.28. The average Bonchev–Trinajstić information content (AvgIpc) is 3.02. The van der Waals surface area contributed by atoms with Gasteiger partial charge in [-0.25, -0.2) is 14.5 Å². The predicted molar refractivity (Wildman–Crippen MR) is 205 cm³/mol. The second kappa shape index (κ2) is 15.1. The lowest BCUT2D eigenvalue weighted by Crippen LogP contribution is -2.71. The highest BCUT2D eigenvalue weighted by Crippen LogP contribution is 2.57. The van der Waals surface area contributed by atoms with E-state index in [2.05, 4.69) is 16.0 Å². The van der Waals surface area contributed by atoms with Crippen molar-refractivity contribution in [2.75, 3.05) is 19.6 Å². The lowest BCUT2D eigenvalue weighted by molar-refractivity contribution is -0.135. The van der Waals surface area contributed by atoms with Crippen LogP contribution in [-0.4, -0.2) is 90.7 Å².